The van der Waals surface area contributed by atoms with E-state index in [1.54, 1.807) is 4.98 Å². The quantitative estimate of drug-likeness (QED) is 0.831. The van der Waals surface area contributed by atoms with Gasteiger partial charge in [-0.05, 0) is 12.1 Å². The summed E-state index contributed by atoms with van der Waals surface area (Å²) in [5.41, 5.74) is -2.70. The van der Waals surface area contributed by atoms with Crippen LogP contribution in [-0.2, 0) is 6.18 Å². The van der Waals surface area contributed by atoms with Gasteiger partial charge in [0.1, 0.15) is 11.4 Å². The third kappa shape index (κ3) is 2.76. The lowest BCUT2D eigenvalue weighted by Crippen LogP contribution is -2.17. The molecule has 0 aliphatic carbocycles. The topological polar surface area (TPSA) is 53.1 Å². The number of aromatic nitrogens is 1. The predicted molar refractivity (Wildman–Crippen MR) is 69.2 cm³/mol. The Bertz CT molecular complexity index is 726. The van der Waals surface area contributed by atoms with E-state index in [0.717, 1.165) is 0 Å². The normalized spacial score (nSPS) is 11.7. The summed E-state index contributed by atoms with van der Waals surface area (Å²) in [6.45, 7) is 0. The maximum absolute atomic E-state index is 12.5. The third-order valence-corrected chi connectivity index (χ3v) is 3.07. The Morgan fingerprint density at radius 2 is 1.80 bits per heavy atom. The van der Waals surface area contributed by atoms with E-state index in [0.29, 0.717) is 11.1 Å². The standard InChI is InChI=1S/C12H6Cl2F3NO2/c13-5-1-2-6(7(14)3-5)10-8(19)4-9(12(15,16)17)18-11(10)20/h1-4H,(H2,18,19,20). The van der Waals surface area contributed by atoms with Crippen LogP contribution < -0.4 is 5.56 Å². The summed E-state index contributed by atoms with van der Waals surface area (Å²) >= 11 is 11.6. The Labute approximate surface area is 120 Å². The first-order valence-electron chi connectivity index (χ1n) is 5.19. The number of aromatic hydroxyl groups is 1. The highest BCUT2D eigenvalue weighted by Crippen LogP contribution is 2.36. The van der Waals surface area contributed by atoms with Gasteiger partial charge in [0.25, 0.3) is 5.56 Å². The minimum Gasteiger partial charge on any atom is -0.507 e. The fourth-order valence-electron chi connectivity index (χ4n) is 1.65. The molecule has 8 heteroatoms. The van der Waals surface area contributed by atoms with Crippen molar-refractivity contribution in [2.75, 3.05) is 0 Å². The molecular formula is C12H6Cl2F3NO2. The molecule has 0 unspecified atom stereocenters. The van der Waals surface area contributed by atoms with Crippen molar-refractivity contribution in [1.82, 2.24) is 4.98 Å². The molecular weight excluding hydrogens is 318 g/mol. The van der Waals surface area contributed by atoms with Crippen LogP contribution >= 0.6 is 23.2 Å². The van der Waals surface area contributed by atoms with Crippen molar-refractivity contribution in [3.05, 3.63) is 50.4 Å². The highest BCUT2D eigenvalue weighted by molar-refractivity contribution is 6.36. The smallest absolute Gasteiger partial charge is 0.431 e. The lowest BCUT2D eigenvalue weighted by Gasteiger charge is -2.10. The van der Waals surface area contributed by atoms with Crippen molar-refractivity contribution in [3.63, 3.8) is 0 Å². The van der Waals surface area contributed by atoms with Crippen molar-refractivity contribution in [3.8, 4) is 16.9 Å². The molecule has 0 amide bonds. The summed E-state index contributed by atoms with van der Waals surface area (Å²) in [7, 11) is 0. The number of H-pyrrole nitrogens is 1. The first-order valence-corrected chi connectivity index (χ1v) is 5.94. The van der Waals surface area contributed by atoms with Crippen LogP contribution in [0.3, 0.4) is 0 Å². The Hall–Kier alpha value is -1.66. The predicted octanol–water partition coefficient (Wildman–Crippen LogP) is 4.07. The fourth-order valence-corrected chi connectivity index (χ4v) is 2.15. The van der Waals surface area contributed by atoms with Gasteiger partial charge in [-0.25, -0.2) is 0 Å². The maximum Gasteiger partial charge on any atom is 0.431 e. The van der Waals surface area contributed by atoms with Crippen LogP contribution in [0.15, 0.2) is 29.1 Å². The number of benzene rings is 1. The molecule has 20 heavy (non-hydrogen) atoms. The van der Waals surface area contributed by atoms with Gasteiger partial charge in [-0.2, -0.15) is 13.2 Å². The van der Waals surface area contributed by atoms with Gasteiger partial charge in [-0.3, -0.25) is 4.79 Å². The van der Waals surface area contributed by atoms with E-state index < -0.39 is 23.2 Å². The summed E-state index contributed by atoms with van der Waals surface area (Å²) in [6, 6.07) is 4.48. The van der Waals surface area contributed by atoms with Gasteiger partial charge in [0.15, 0.2) is 0 Å². The van der Waals surface area contributed by atoms with Gasteiger partial charge in [0, 0.05) is 16.7 Å². The molecule has 0 radical (unpaired) electrons. The van der Waals surface area contributed by atoms with E-state index in [2.05, 4.69) is 0 Å². The summed E-state index contributed by atoms with van der Waals surface area (Å²) in [6.07, 6.45) is -4.76. The second kappa shape index (κ2) is 5.03. The molecule has 1 heterocycles. The molecule has 0 saturated heterocycles. The second-order valence-electron chi connectivity index (χ2n) is 3.89. The summed E-state index contributed by atoms with van der Waals surface area (Å²) < 4.78 is 37.5. The van der Waals surface area contributed by atoms with Crippen molar-refractivity contribution in [1.29, 1.82) is 0 Å². The number of hydrogen-bond acceptors (Lipinski definition) is 2. The first-order chi connectivity index (χ1) is 9.20. The number of aromatic amines is 1. The van der Waals surface area contributed by atoms with Gasteiger partial charge in [0.05, 0.1) is 10.6 Å². The van der Waals surface area contributed by atoms with Crippen LogP contribution in [0.2, 0.25) is 10.0 Å². The molecule has 0 aliphatic heterocycles. The summed E-state index contributed by atoms with van der Waals surface area (Å²) in [5, 5.41) is 10.0. The highest BCUT2D eigenvalue weighted by atomic mass is 35.5. The molecule has 0 bridgehead atoms. The Morgan fingerprint density at radius 3 is 2.30 bits per heavy atom. The zero-order valence-electron chi connectivity index (χ0n) is 9.55. The van der Waals surface area contributed by atoms with Crippen LogP contribution in [0, 0.1) is 0 Å². The molecule has 0 spiro atoms. The fraction of sp³-hybridized carbons (Fsp3) is 0.0833. The van der Waals surface area contributed by atoms with Crippen molar-refractivity contribution >= 4 is 23.2 Å². The molecule has 106 valence electrons. The Balaban J connectivity index is 2.68. The number of alkyl halides is 3. The number of pyridine rings is 1. The molecule has 0 atom stereocenters. The van der Waals surface area contributed by atoms with E-state index in [-0.39, 0.29) is 16.1 Å². The Morgan fingerprint density at radius 1 is 1.15 bits per heavy atom. The lowest BCUT2D eigenvalue weighted by molar-refractivity contribution is -0.141. The zero-order valence-corrected chi connectivity index (χ0v) is 11.1. The molecule has 0 aliphatic rings. The Kier molecular flexibility index (Phi) is 3.71. The molecule has 0 saturated carbocycles. The van der Waals surface area contributed by atoms with Gasteiger partial charge in [-0.1, -0.05) is 29.3 Å². The number of rotatable bonds is 1. The van der Waals surface area contributed by atoms with Crippen molar-refractivity contribution in [2.24, 2.45) is 0 Å². The monoisotopic (exact) mass is 323 g/mol. The molecule has 1 aromatic carbocycles. The number of halogens is 5. The average molecular weight is 324 g/mol. The lowest BCUT2D eigenvalue weighted by atomic mass is 10.1. The van der Waals surface area contributed by atoms with E-state index in [4.69, 9.17) is 23.2 Å². The average Bonchev–Trinajstić information content (AvgIpc) is 2.29. The van der Waals surface area contributed by atoms with Crippen LogP contribution in [0.5, 0.6) is 5.75 Å². The molecule has 1 aromatic heterocycles. The first kappa shape index (κ1) is 14.7. The summed E-state index contributed by atoms with van der Waals surface area (Å²) in [4.78, 5) is 13.4. The van der Waals surface area contributed by atoms with Gasteiger partial charge in [-0.15, -0.1) is 0 Å². The third-order valence-electron chi connectivity index (χ3n) is 2.52. The number of hydrogen-bond donors (Lipinski definition) is 2. The van der Waals surface area contributed by atoms with Gasteiger partial charge < -0.3 is 10.1 Å². The van der Waals surface area contributed by atoms with Crippen molar-refractivity contribution in [2.45, 2.75) is 6.18 Å². The molecule has 2 rings (SSSR count). The summed E-state index contributed by atoms with van der Waals surface area (Å²) in [5.74, 6) is -0.815. The highest BCUT2D eigenvalue weighted by Gasteiger charge is 2.33. The van der Waals surface area contributed by atoms with Gasteiger partial charge >= 0.3 is 6.18 Å². The van der Waals surface area contributed by atoms with Crippen LogP contribution in [0.4, 0.5) is 13.2 Å². The van der Waals surface area contributed by atoms with Crippen molar-refractivity contribution < 1.29 is 18.3 Å². The van der Waals surface area contributed by atoms with E-state index in [9.17, 15) is 23.1 Å². The minimum atomic E-state index is -4.76. The zero-order chi connectivity index (χ0) is 15.1. The van der Waals surface area contributed by atoms with Crippen LogP contribution in [0.1, 0.15) is 5.69 Å². The number of nitrogens with one attached hydrogen (secondary N) is 1. The van der Waals surface area contributed by atoms with Crippen LogP contribution in [0.25, 0.3) is 11.1 Å². The largest absolute Gasteiger partial charge is 0.507 e. The van der Waals surface area contributed by atoms with E-state index in [1.807, 2.05) is 0 Å². The van der Waals surface area contributed by atoms with Gasteiger partial charge in [0.2, 0.25) is 0 Å². The SMILES string of the molecule is O=c1[nH]c(C(F)(F)F)cc(O)c1-c1ccc(Cl)cc1Cl. The van der Waals surface area contributed by atoms with Crippen LogP contribution in [-0.4, -0.2) is 10.1 Å². The molecule has 2 N–H and O–H groups in total. The second-order valence-corrected chi connectivity index (χ2v) is 4.74. The molecule has 3 nitrogen and oxygen atoms in total. The molecule has 2 aromatic rings. The van der Waals surface area contributed by atoms with E-state index in [1.165, 1.54) is 18.2 Å². The van der Waals surface area contributed by atoms with E-state index >= 15 is 0 Å². The minimum absolute atomic E-state index is 0.0399. The maximum atomic E-state index is 12.5. The molecule has 0 fully saturated rings.